The monoisotopic (exact) mass is 765 g/mol. The van der Waals surface area contributed by atoms with E-state index in [9.17, 15) is 27.6 Å². The maximum absolute atomic E-state index is 14.6. The molecule has 1 aromatic heterocycles. The molecule has 7 atom stereocenters. The number of rotatable bonds is 7. The van der Waals surface area contributed by atoms with Crippen LogP contribution in [0.25, 0.3) is 10.9 Å². The molecule has 14 nitrogen and oxygen atoms in total. The van der Waals surface area contributed by atoms with Gasteiger partial charge in [-0.25, -0.2) is 18.2 Å². The highest BCUT2D eigenvalue weighted by molar-refractivity contribution is 7.91. The molecule has 3 aliphatic carbocycles. The zero-order valence-electron chi connectivity index (χ0n) is 31.4. The second-order valence-corrected chi connectivity index (χ2v) is 18.6. The summed E-state index contributed by atoms with van der Waals surface area (Å²) in [5.74, 6) is -1.01. The van der Waals surface area contributed by atoms with Crippen LogP contribution in [0.15, 0.2) is 36.9 Å². The van der Waals surface area contributed by atoms with Gasteiger partial charge in [-0.2, -0.15) is 0 Å². The van der Waals surface area contributed by atoms with Crippen molar-refractivity contribution in [2.24, 2.45) is 17.3 Å². The molecular formula is C39H51N5O9S. The summed E-state index contributed by atoms with van der Waals surface area (Å²) in [6.45, 7) is 9.25. The first-order valence-corrected chi connectivity index (χ1v) is 20.6. The van der Waals surface area contributed by atoms with Crippen LogP contribution in [0, 0.1) is 17.3 Å². The Hall–Kier alpha value is -4.40. The number of methoxy groups -OCH3 is 1. The lowest BCUT2D eigenvalue weighted by Crippen LogP contribution is -2.60. The molecule has 7 rings (SSSR count). The zero-order valence-corrected chi connectivity index (χ0v) is 32.2. The lowest BCUT2D eigenvalue weighted by atomic mass is 9.85. The van der Waals surface area contributed by atoms with Crippen LogP contribution in [-0.4, -0.2) is 90.9 Å². The maximum atomic E-state index is 14.6. The number of fused-ring (bicyclic) bond motifs is 5. The highest BCUT2D eigenvalue weighted by atomic mass is 32.2. The van der Waals surface area contributed by atoms with Gasteiger partial charge in [0.15, 0.2) is 0 Å². The molecule has 3 heterocycles. The number of sulfonamides is 1. The fraction of sp³-hybridized carbons (Fsp3) is 0.615. The first-order valence-electron chi connectivity index (χ1n) is 19.0. The largest absolute Gasteiger partial charge is 0.497 e. The molecule has 1 unspecified atom stereocenters. The van der Waals surface area contributed by atoms with Gasteiger partial charge in [-0.05, 0) is 80.5 Å². The van der Waals surface area contributed by atoms with Crippen LogP contribution in [0.1, 0.15) is 84.3 Å². The Balaban J connectivity index is 1.22. The van der Waals surface area contributed by atoms with Crippen molar-refractivity contribution in [3.05, 3.63) is 42.6 Å². The predicted molar refractivity (Wildman–Crippen MR) is 199 cm³/mol. The molecule has 2 aromatic rings. The number of nitrogens with one attached hydrogen (secondary N) is 3. The summed E-state index contributed by atoms with van der Waals surface area (Å²) < 4.78 is 45.5. The highest BCUT2D eigenvalue weighted by Crippen LogP contribution is 2.46. The summed E-state index contributed by atoms with van der Waals surface area (Å²) in [4.78, 5) is 62.1. The molecule has 2 aliphatic heterocycles. The van der Waals surface area contributed by atoms with Crippen LogP contribution < -0.4 is 24.8 Å². The van der Waals surface area contributed by atoms with E-state index in [1.807, 2.05) is 45.0 Å². The number of nitrogens with zero attached hydrogens (tertiary/aromatic N) is 2. The second-order valence-electron chi connectivity index (χ2n) is 16.6. The molecule has 3 N–H and O–H groups in total. The van der Waals surface area contributed by atoms with Gasteiger partial charge in [-0.1, -0.05) is 39.7 Å². The number of aryl methyl sites for hydroxylation is 1. The van der Waals surface area contributed by atoms with Crippen molar-refractivity contribution in [3.63, 3.8) is 0 Å². The number of hydrogen-bond acceptors (Lipinski definition) is 10. The number of hydrogen-bond donors (Lipinski definition) is 3. The number of aromatic nitrogens is 1. The van der Waals surface area contributed by atoms with Crippen LogP contribution in [-0.2, 0) is 35.6 Å². The fourth-order valence-electron chi connectivity index (χ4n) is 7.80. The molecular weight excluding hydrogens is 715 g/mol. The molecule has 2 bridgehead atoms. The van der Waals surface area contributed by atoms with E-state index >= 15 is 0 Å². The zero-order chi connectivity index (χ0) is 38.6. The van der Waals surface area contributed by atoms with Crippen molar-refractivity contribution in [1.82, 2.24) is 25.2 Å². The Kier molecular flexibility index (Phi) is 10.1. The summed E-state index contributed by atoms with van der Waals surface area (Å²) >= 11 is 0. The van der Waals surface area contributed by atoms with E-state index in [0.29, 0.717) is 30.8 Å². The molecule has 292 valence electrons. The lowest BCUT2D eigenvalue weighted by Gasteiger charge is -2.35. The summed E-state index contributed by atoms with van der Waals surface area (Å²) in [5.41, 5.74) is -0.763. The average molecular weight is 766 g/mol. The van der Waals surface area contributed by atoms with E-state index in [4.69, 9.17) is 19.2 Å². The molecule has 1 aromatic carbocycles. The molecule has 4 amide bonds. The number of carbonyl (C=O) groups excluding carboxylic acids is 4. The van der Waals surface area contributed by atoms with Crippen LogP contribution in [0.2, 0.25) is 0 Å². The van der Waals surface area contributed by atoms with Gasteiger partial charge in [-0.15, -0.1) is 6.58 Å². The van der Waals surface area contributed by atoms with Crippen LogP contribution in [0.4, 0.5) is 4.79 Å². The molecule has 3 saturated carbocycles. The van der Waals surface area contributed by atoms with Crippen molar-refractivity contribution in [3.8, 4) is 11.5 Å². The van der Waals surface area contributed by atoms with Gasteiger partial charge in [0, 0.05) is 17.7 Å². The quantitative estimate of drug-likeness (QED) is 0.350. The third kappa shape index (κ3) is 7.87. The normalized spacial score (nSPS) is 30.3. The highest BCUT2D eigenvalue weighted by Gasteiger charge is 2.62. The Morgan fingerprint density at radius 3 is 2.56 bits per heavy atom. The Morgan fingerprint density at radius 1 is 1.09 bits per heavy atom. The first-order chi connectivity index (χ1) is 25.6. The van der Waals surface area contributed by atoms with Crippen molar-refractivity contribution in [2.75, 3.05) is 13.7 Å². The van der Waals surface area contributed by atoms with Gasteiger partial charge in [0.2, 0.25) is 21.8 Å². The standard InChI is InChI=1S/C39H51N5O9S/c1-6-24-20-39(24,36(47)43-54(49,50)27-13-14-27)42-34(45)30-19-26-21-44(30)35(46)33(38(2,3)4)41-37(48)53-31-17-22(31)10-8-7-9-11-29-32(52-26)18-23-16-25(51-5)12-15-28(23)40-29/h6,12,15-16,18,22,24,26-27,30-31,33H,1,7-11,13-14,17,19-21H2,2-5H3,(H,41,48)(H,42,45)(H,43,47)/t22-,24-,26-,30+,31-,33?,39-/m1/s1. The maximum Gasteiger partial charge on any atom is 0.408 e. The number of carbonyl (C=O) groups is 4. The van der Waals surface area contributed by atoms with E-state index in [1.54, 1.807) is 7.11 Å². The summed E-state index contributed by atoms with van der Waals surface area (Å²) in [5, 5.41) is 5.81. The van der Waals surface area contributed by atoms with Crippen LogP contribution >= 0.6 is 0 Å². The lowest BCUT2D eigenvalue weighted by molar-refractivity contribution is -0.142. The van der Waals surface area contributed by atoms with Crippen LogP contribution in [0.5, 0.6) is 11.5 Å². The van der Waals surface area contributed by atoms with Crippen molar-refractivity contribution in [1.29, 1.82) is 0 Å². The number of amides is 4. The number of ether oxygens (including phenoxy) is 3. The summed E-state index contributed by atoms with van der Waals surface area (Å²) in [7, 11) is -2.30. The molecule has 0 radical (unpaired) electrons. The number of pyridine rings is 1. The minimum absolute atomic E-state index is 0.000652. The Labute approximate surface area is 316 Å². The minimum Gasteiger partial charge on any atom is -0.497 e. The molecule has 0 spiro atoms. The first kappa shape index (κ1) is 37.9. The van der Waals surface area contributed by atoms with Crippen molar-refractivity contribution < 1.29 is 41.8 Å². The van der Waals surface area contributed by atoms with Crippen molar-refractivity contribution >= 4 is 44.7 Å². The van der Waals surface area contributed by atoms with Gasteiger partial charge < -0.3 is 29.7 Å². The third-order valence-electron chi connectivity index (χ3n) is 11.4. The number of alkyl carbamates (subject to hydrolysis) is 1. The van der Waals surface area contributed by atoms with Gasteiger partial charge >= 0.3 is 6.09 Å². The van der Waals surface area contributed by atoms with E-state index in [2.05, 4.69) is 21.9 Å². The predicted octanol–water partition coefficient (Wildman–Crippen LogP) is 3.91. The molecule has 5 aliphatic rings. The fourth-order valence-corrected chi connectivity index (χ4v) is 9.17. The molecule has 4 fully saturated rings. The van der Waals surface area contributed by atoms with Gasteiger partial charge in [-0.3, -0.25) is 19.1 Å². The summed E-state index contributed by atoms with van der Waals surface area (Å²) in [6.07, 6.45) is 6.26. The van der Waals surface area contributed by atoms with E-state index < -0.39 is 74.1 Å². The molecule has 15 heteroatoms. The summed E-state index contributed by atoms with van der Waals surface area (Å²) in [6, 6.07) is 5.37. The van der Waals surface area contributed by atoms with Gasteiger partial charge in [0.25, 0.3) is 5.91 Å². The minimum atomic E-state index is -3.89. The van der Waals surface area contributed by atoms with Gasteiger partial charge in [0.1, 0.15) is 41.3 Å². The third-order valence-corrected chi connectivity index (χ3v) is 13.3. The van der Waals surface area contributed by atoms with Crippen molar-refractivity contribution in [2.45, 2.75) is 120 Å². The molecule has 54 heavy (non-hydrogen) atoms. The molecule has 1 saturated heterocycles. The SMILES string of the molecule is C=C[C@@H]1C[C@]1(NC(=O)[C@@H]1C[C@@H]2CN1C(=O)C(C(C)(C)C)NC(=O)O[C@@H]1C[C@H]1CCCCCc1nc3ccc(OC)cc3cc1O2)C(=O)NS(=O)(=O)C1CC1. The van der Waals surface area contributed by atoms with Gasteiger partial charge in [0.05, 0.1) is 30.1 Å². The van der Waals surface area contributed by atoms with Crippen LogP contribution in [0.3, 0.4) is 0 Å². The average Bonchev–Trinajstić information content (AvgIpc) is 4.04. The smallest absolute Gasteiger partial charge is 0.408 e. The number of benzene rings is 1. The van der Waals surface area contributed by atoms with E-state index in [-0.39, 0.29) is 31.4 Å². The second kappa shape index (κ2) is 14.3. The topological polar surface area (TPSA) is 182 Å². The Morgan fingerprint density at radius 2 is 1.87 bits per heavy atom. The Bertz CT molecular complexity index is 1960. The van der Waals surface area contributed by atoms with E-state index in [0.717, 1.165) is 48.7 Å². The van der Waals surface area contributed by atoms with E-state index in [1.165, 1.54) is 11.0 Å².